The number of pyridine rings is 1. The Kier molecular flexibility index (Phi) is 7.02. The number of carbonyl (C=O) groups excluding carboxylic acids is 2. The molecule has 0 aliphatic carbocycles. The van der Waals surface area contributed by atoms with Crippen LogP contribution in [0.2, 0.25) is 23.2 Å². The summed E-state index contributed by atoms with van der Waals surface area (Å²) in [4.78, 5) is 33.0. The first-order chi connectivity index (χ1) is 15.4. The third-order valence-electron chi connectivity index (χ3n) is 6.09. The van der Waals surface area contributed by atoms with Crippen molar-refractivity contribution in [2.24, 2.45) is 0 Å². The SMILES string of the molecule is CCOC(=O)c1cc(Cl)cc2[nH]c(C(=O)c3cc(CO[Si](C)(C)C(C)(C)C)ccn3)c(N)c12. The molecule has 0 atom stereocenters. The van der Waals surface area contributed by atoms with Crippen LogP contribution in [-0.2, 0) is 15.8 Å². The number of carbonyl (C=O) groups is 2. The van der Waals surface area contributed by atoms with Crippen molar-refractivity contribution in [1.82, 2.24) is 9.97 Å². The number of nitrogen functional groups attached to an aromatic ring is 1. The number of ether oxygens (including phenoxy) is 1. The first-order valence-corrected chi connectivity index (χ1v) is 14.1. The quantitative estimate of drug-likeness (QED) is 0.250. The van der Waals surface area contributed by atoms with Gasteiger partial charge < -0.3 is 19.9 Å². The molecule has 0 saturated heterocycles. The van der Waals surface area contributed by atoms with E-state index in [0.717, 1.165) is 5.56 Å². The molecule has 9 heteroatoms. The minimum atomic E-state index is -1.94. The molecule has 0 bridgehead atoms. The number of H-pyrrole nitrogens is 1. The number of esters is 1. The summed E-state index contributed by atoms with van der Waals surface area (Å²) in [7, 11) is -1.94. The Labute approximate surface area is 199 Å². The molecular formula is C24H30ClN3O4Si. The monoisotopic (exact) mass is 487 g/mol. The maximum Gasteiger partial charge on any atom is 0.338 e. The second-order valence-electron chi connectivity index (χ2n) is 9.44. The predicted molar refractivity (Wildman–Crippen MR) is 133 cm³/mol. The number of nitrogens with one attached hydrogen (secondary N) is 1. The van der Waals surface area contributed by atoms with Gasteiger partial charge in [0.2, 0.25) is 5.78 Å². The molecule has 33 heavy (non-hydrogen) atoms. The summed E-state index contributed by atoms with van der Waals surface area (Å²) < 4.78 is 11.4. The zero-order valence-electron chi connectivity index (χ0n) is 19.8. The highest BCUT2D eigenvalue weighted by Crippen LogP contribution is 2.37. The van der Waals surface area contributed by atoms with Gasteiger partial charge in [-0.25, -0.2) is 4.79 Å². The van der Waals surface area contributed by atoms with E-state index < -0.39 is 14.3 Å². The number of fused-ring (bicyclic) bond motifs is 1. The van der Waals surface area contributed by atoms with Crippen LogP contribution in [0, 0.1) is 0 Å². The van der Waals surface area contributed by atoms with Crippen molar-refractivity contribution in [3.63, 3.8) is 0 Å². The molecule has 7 nitrogen and oxygen atoms in total. The first kappa shape index (κ1) is 24.9. The van der Waals surface area contributed by atoms with Gasteiger partial charge in [-0.2, -0.15) is 0 Å². The Hall–Kier alpha value is -2.68. The van der Waals surface area contributed by atoms with Crippen LogP contribution in [0.3, 0.4) is 0 Å². The molecular weight excluding hydrogens is 458 g/mol. The van der Waals surface area contributed by atoms with E-state index in [0.29, 0.717) is 22.5 Å². The predicted octanol–water partition coefficient (Wildman–Crippen LogP) is 5.73. The van der Waals surface area contributed by atoms with Gasteiger partial charge in [-0.1, -0.05) is 32.4 Å². The number of anilines is 1. The van der Waals surface area contributed by atoms with E-state index in [4.69, 9.17) is 26.5 Å². The number of nitrogens with zero attached hydrogens (tertiary/aromatic N) is 1. The van der Waals surface area contributed by atoms with Gasteiger partial charge in [-0.05, 0) is 54.9 Å². The lowest BCUT2D eigenvalue weighted by Gasteiger charge is -2.36. The third kappa shape index (κ3) is 5.13. The van der Waals surface area contributed by atoms with Crippen molar-refractivity contribution in [1.29, 1.82) is 0 Å². The van der Waals surface area contributed by atoms with E-state index in [1.165, 1.54) is 6.07 Å². The minimum absolute atomic E-state index is 0.0788. The average molecular weight is 488 g/mol. The molecule has 0 unspecified atom stereocenters. The Bertz CT molecular complexity index is 1210. The normalized spacial score (nSPS) is 12.2. The molecule has 0 spiro atoms. The highest BCUT2D eigenvalue weighted by atomic mass is 35.5. The summed E-state index contributed by atoms with van der Waals surface area (Å²) >= 11 is 6.17. The zero-order valence-corrected chi connectivity index (χ0v) is 21.6. The molecule has 0 amide bonds. The van der Waals surface area contributed by atoms with E-state index in [2.05, 4.69) is 43.8 Å². The number of hydrogen-bond donors (Lipinski definition) is 2. The van der Waals surface area contributed by atoms with E-state index >= 15 is 0 Å². The van der Waals surface area contributed by atoms with Gasteiger partial charge >= 0.3 is 5.97 Å². The molecule has 3 N–H and O–H groups in total. The molecule has 176 valence electrons. The zero-order chi connectivity index (χ0) is 24.6. The molecule has 2 aromatic heterocycles. The second kappa shape index (κ2) is 9.28. The molecule has 1 aromatic carbocycles. The van der Waals surface area contributed by atoms with E-state index in [-0.39, 0.29) is 40.1 Å². The van der Waals surface area contributed by atoms with Crippen molar-refractivity contribution in [2.75, 3.05) is 12.3 Å². The maximum absolute atomic E-state index is 13.3. The lowest BCUT2D eigenvalue weighted by Crippen LogP contribution is -2.40. The van der Waals surface area contributed by atoms with E-state index in [9.17, 15) is 9.59 Å². The molecule has 0 saturated carbocycles. The Morgan fingerprint density at radius 2 is 1.91 bits per heavy atom. The van der Waals surface area contributed by atoms with Crippen molar-refractivity contribution in [3.8, 4) is 0 Å². The lowest BCUT2D eigenvalue weighted by atomic mass is 10.1. The van der Waals surface area contributed by atoms with Gasteiger partial charge in [0.05, 0.1) is 30.0 Å². The Balaban J connectivity index is 1.95. The Morgan fingerprint density at radius 3 is 2.55 bits per heavy atom. The van der Waals surface area contributed by atoms with Crippen molar-refractivity contribution in [2.45, 2.75) is 52.4 Å². The maximum atomic E-state index is 13.3. The summed E-state index contributed by atoms with van der Waals surface area (Å²) in [6.45, 7) is 13.2. The van der Waals surface area contributed by atoms with Gasteiger partial charge in [0, 0.05) is 16.6 Å². The number of hydrogen-bond acceptors (Lipinski definition) is 6. The number of aromatic nitrogens is 2. The number of benzene rings is 1. The Morgan fingerprint density at radius 1 is 1.21 bits per heavy atom. The second-order valence-corrected chi connectivity index (χ2v) is 14.7. The van der Waals surface area contributed by atoms with Crippen molar-refractivity contribution in [3.05, 3.63) is 58.0 Å². The van der Waals surface area contributed by atoms with Gasteiger partial charge in [0.1, 0.15) is 11.4 Å². The fourth-order valence-electron chi connectivity index (χ4n) is 3.17. The minimum Gasteiger partial charge on any atom is -0.462 e. The summed E-state index contributed by atoms with van der Waals surface area (Å²) in [6, 6.07) is 6.64. The molecule has 3 rings (SSSR count). The van der Waals surface area contributed by atoms with E-state index in [1.807, 2.05) is 6.07 Å². The van der Waals surface area contributed by atoms with E-state index in [1.54, 1.807) is 25.3 Å². The summed E-state index contributed by atoms with van der Waals surface area (Å²) in [5.41, 5.74) is 8.37. The number of rotatable bonds is 7. The van der Waals surface area contributed by atoms with Crippen LogP contribution in [0.5, 0.6) is 0 Å². The highest BCUT2D eigenvalue weighted by Gasteiger charge is 2.37. The number of aromatic amines is 1. The average Bonchev–Trinajstić information content (AvgIpc) is 3.06. The van der Waals surface area contributed by atoms with Crippen LogP contribution < -0.4 is 5.73 Å². The molecule has 0 aliphatic rings. The smallest absolute Gasteiger partial charge is 0.338 e. The lowest BCUT2D eigenvalue weighted by molar-refractivity contribution is 0.0528. The van der Waals surface area contributed by atoms with Gasteiger partial charge in [-0.3, -0.25) is 9.78 Å². The van der Waals surface area contributed by atoms with Gasteiger partial charge in [0.25, 0.3) is 0 Å². The number of halogens is 1. The van der Waals surface area contributed by atoms with Gasteiger partial charge in [-0.15, -0.1) is 0 Å². The molecule has 3 aromatic rings. The van der Waals surface area contributed by atoms with Crippen LogP contribution in [0.1, 0.15) is 59.8 Å². The summed E-state index contributed by atoms with van der Waals surface area (Å²) in [5, 5.41) is 0.808. The standard InChI is InChI=1S/C24H30ClN3O4Si/c1-7-31-23(30)16-11-15(25)12-17-19(16)20(26)21(28-17)22(29)18-10-14(8-9-27-18)13-32-33(5,6)24(2,3)4/h8-12,28H,7,13,26H2,1-6H3. The van der Waals surface area contributed by atoms with Crippen LogP contribution in [0.25, 0.3) is 10.9 Å². The molecule has 0 radical (unpaired) electrons. The first-order valence-electron chi connectivity index (χ1n) is 10.8. The topological polar surface area (TPSA) is 107 Å². The summed E-state index contributed by atoms with van der Waals surface area (Å²) in [5.74, 6) is -0.943. The van der Waals surface area contributed by atoms with Crippen molar-refractivity contribution < 1.29 is 18.8 Å². The molecule has 0 fully saturated rings. The molecule has 2 heterocycles. The largest absolute Gasteiger partial charge is 0.462 e. The van der Waals surface area contributed by atoms with Crippen LogP contribution >= 0.6 is 11.6 Å². The highest BCUT2D eigenvalue weighted by molar-refractivity contribution is 6.74. The van der Waals surface area contributed by atoms with Crippen molar-refractivity contribution >= 4 is 48.3 Å². The van der Waals surface area contributed by atoms with Gasteiger partial charge in [0.15, 0.2) is 8.32 Å². The fourth-order valence-corrected chi connectivity index (χ4v) is 4.35. The number of nitrogens with two attached hydrogens (primary N) is 1. The fraction of sp³-hybridized carbons (Fsp3) is 0.375. The van der Waals surface area contributed by atoms with Crippen LogP contribution in [0.15, 0.2) is 30.5 Å². The number of ketones is 1. The van der Waals surface area contributed by atoms with Crippen LogP contribution in [-0.4, -0.2) is 36.6 Å². The van der Waals surface area contributed by atoms with Crippen LogP contribution in [0.4, 0.5) is 5.69 Å². The molecule has 0 aliphatic heterocycles. The summed E-state index contributed by atoms with van der Waals surface area (Å²) in [6.07, 6.45) is 1.58. The third-order valence-corrected chi connectivity index (χ3v) is 10.8.